The largest absolute Gasteiger partial charge is 0.399 e. The average molecular weight is 313 g/mol. The Kier molecular flexibility index (Phi) is 4.20. The summed E-state index contributed by atoms with van der Waals surface area (Å²) in [4.78, 5) is 12.3. The second-order valence-electron chi connectivity index (χ2n) is 4.34. The number of halogens is 2. The number of anilines is 2. The van der Waals surface area contributed by atoms with Crippen LogP contribution in [0.15, 0.2) is 18.3 Å². The Morgan fingerprint density at radius 3 is 2.80 bits per heavy atom. The van der Waals surface area contributed by atoms with Crippen LogP contribution in [0.1, 0.15) is 23.0 Å². The number of aryl methyl sites for hydroxylation is 2. The third-order valence-electron chi connectivity index (χ3n) is 2.78. The van der Waals surface area contributed by atoms with Crippen LogP contribution in [0.4, 0.5) is 11.4 Å². The van der Waals surface area contributed by atoms with Crippen molar-refractivity contribution in [1.29, 1.82) is 0 Å². The summed E-state index contributed by atoms with van der Waals surface area (Å²) in [5.41, 5.74) is 7.75. The summed E-state index contributed by atoms with van der Waals surface area (Å²) in [5.74, 6) is -0.369. The fourth-order valence-corrected chi connectivity index (χ4v) is 2.29. The van der Waals surface area contributed by atoms with Crippen molar-refractivity contribution in [2.24, 2.45) is 7.05 Å². The highest BCUT2D eigenvalue weighted by molar-refractivity contribution is 6.44. The number of nitrogens with zero attached hydrogens (tertiary/aromatic N) is 2. The van der Waals surface area contributed by atoms with Gasteiger partial charge in [0.25, 0.3) is 5.91 Å². The zero-order valence-corrected chi connectivity index (χ0v) is 12.6. The number of hydrogen-bond acceptors (Lipinski definition) is 3. The quantitative estimate of drug-likeness (QED) is 0.855. The number of amides is 1. The van der Waals surface area contributed by atoms with Crippen molar-refractivity contribution in [3.63, 3.8) is 0 Å². The molecule has 1 amide bonds. The maximum Gasteiger partial charge on any atom is 0.257 e. The zero-order valence-electron chi connectivity index (χ0n) is 11.1. The highest BCUT2D eigenvalue weighted by Gasteiger charge is 2.16. The fraction of sp³-hybridized carbons (Fsp3) is 0.231. The Bertz CT molecular complexity index is 667. The van der Waals surface area contributed by atoms with E-state index >= 15 is 0 Å². The van der Waals surface area contributed by atoms with Crippen LogP contribution < -0.4 is 11.1 Å². The van der Waals surface area contributed by atoms with Crippen LogP contribution in [0.3, 0.4) is 0 Å². The standard InChI is InChI=1S/C13H14Cl2N4O/c1-3-10-11(6-19(2)18-10)17-13(20)8-4-7(16)5-9(14)12(8)15/h4-6H,3,16H2,1-2H3,(H,17,20). The lowest BCUT2D eigenvalue weighted by atomic mass is 10.2. The second kappa shape index (κ2) is 5.73. The molecule has 0 saturated heterocycles. The van der Waals surface area contributed by atoms with Gasteiger partial charge in [-0.15, -0.1) is 0 Å². The summed E-state index contributed by atoms with van der Waals surface area (Å²) in [6.45, 7) is 1.96. The minimum absolute atomic E-state index is 0.181. The van der Waals surface area contributed by atoms with Gasteiger partial charge >= 0.3 is 0 Å². The van der Waals surface area contributed by atoms with E-state index in [0.29, 0.717) is 17.8 Å². The van der Waals surface area contributed by atoms with Crippen LogP contribution >= 0.6 is 23.2 Å². The Morgan fingerprint density at radius 1 is 1.45 bits per heavy atom. The first-order valence-corrected chi connectivity index (χ1v) is 6.76. The Morgan fingerprint density at radius 2 is 2.15 bits per heavy atom. The molecule has 0 fully saturated rings. The molecule has 3 N–H and O–H groups in total. The summed E-state index contributed by atoms with van der Waals surface area (Å²) < 4.78 is 1.64. The van der Waals surface area contributed by atoms with Crippen LogP contribution in [0.2, 0.25) is 10.0 Å². The summed E-state index contributed by atoms with van der Waals surface area (Å²) in [6.07, 6.45) is 2.44. The normalized spacial score (nSPS) is 10.6. The van der Waals surface area contributed by atoms with Crippen LogP contribution in [0, 0.1) is 0 Å². The molecular formula is C13H14Cl2N4O. The van der Waals surface area contributed by atoms with Gasteiger partial charge in [0.2, 0.25) is 0 Å². The molecule has 0 aliphatic heterocycles. The van der Waals surface area contributed by atoms with Crippen molar-refractivity contribution in [3.8, 4) is 0 Å². The molecule has 2 rings (SSSR count). The molecule has 1 aromatic heterocycles. The molecule has 20 heavy (non-hydrogen) atoms. The number of hydrogen-bond donors (Lipinski definition) is 2. The lowest BCUT2D eigenvalue weighted by Crippen LogP contribution is -2.13. The predicted octanol–water partition coefficient (Wildman–Crippen LogP) is 3.12. The predicted molar refractivity (Wildman–Crippen MR) is 81.4 cm³/mol. The van der Waals surface area contributed by atoms with Gasteiger partial charge < -0.3 is 11.1 Å². The molecule has 0 aliphatic rings. The molecule has 0 bridgehead atoms. The maximum absolute atomic E-state index is 12.3. The molecule has 0 saturated carbocycles. The van der Waals surface area contributed by atoms with Gasteiger partial charge in [-0.2, -0.15) is 5.10 Å². The Labute approximate surface area is 126 Å². The van der Waals surface area contributed by atoms with E-state index < -0.39 is 0 Å². The fourth-order valence-electron chi connectivity index (χ4n) is 1.86. The van der Waals surface area contributed by atoms with Gasteiger partial charge in [0, 0.05) is 18.9 Å². The third kappa shape index (κ3) is 2.89. The van der Waals surface area contributed by atoms with E-state index in [0.717, 1.165) is 5.69 Å². The minimum Gasteiger partial charge on any atom is -0.399 e. The average Bonchev–Trinajstić information content (AvgIpc) is 2.73. The molecule has 106 valence electrons. The van der Waals surface area contributed by atoms with Crippen LogP contribution in [-0.4, -0.2) is 15.7 Å². The van der Waals surface area contributed by atoms with Gasteiger partial charge in [0.15, 0.2) is 0 Å². The van der Waals surface area contributed by atoms with Gasteiger partial charge in [0.05, 0.1) is 27.0 Å². The first-order chi connectivity index (χ1) is 9.42. The van der Waals surface area contributed by atoms with Crippen molar-refractivity contribution in [2.45, 2.75) is 13.3 Å². The summed E-state index contributed by atoms with van der Waals surface area (Å²) in [7, 11) is 1.79. The molecule has 1 heterocycles. The molecule has 0 unspecified atom stereocenters. The number of benzene rings is 1. The van der Waals surface area contributed by atoms with Crippen molar-refractivity contribution < 1.29 is 4.79 Å². The Balaban J connectivity index is 2.33. The second-order valence-corrected chi connectivity index (χ2v) is 5.12. The van der Waals surface area contributed by atoms with E-state index in [9.17, 15) is 4.79 Å². The zero-order chi connectivity index (χ0) is 14.9. The first kappa shape index (κ1) is 14.7. The molecule has 5 nitrogen and oxygen atoms in total. The highest BCUT2D eigenvalue weighted by atomic mass is 35.5. The van der Waals surface area contributed by atoms with Gasteiger partial charge in [0.1, 0.15) is 0 Å². The topological polar surface area (TPSA) is 72.9 Å². The molecule has 0 spiro atoms. The van der Waals surface area contributed by atoms with Crippen molar-refractivity contribution in [2.75, 3.05) is 11.1 Å². The van der Waals surface area contributed by atoms with Crippen LogP contribution in [0.25, 0.3) is 0 Å². The first-order valence-electron chi connectivity index (χ1n) is 6.00. The van der Waals surface area contributed by atoms with E-state index in [-0.39, 0.29) is 21.5 Å². The molecule has 0 aliphatic carbocycles. The number of nitrogen functional groups attached to an aromatic ring is 1. The van der Waals surface area contributed by atoms with Crippen molar-refractivity contribution in [3.05, 3.63) is 39.6 Å². The molecule has 0 radical (unpaired) electrons. The van der Waals surface area contributed by atoms with Gasteiger partial charge in [-0.05, 0) is 18.6 Å². The number of carbonyl (C=O) groups is 1. The monoisotopic (exact) mass is 312 g/mol. The summed E-state index contributed by atoms with van der Waals surface area (Å²) in [5, 5.41) is 7.45. The maximum atomic E-state index is 12.3. The Hall–Kier alpha value is -1.72. The number of rotatable bonds is 3. The molecule has 1 aromatic carbocycles. The van der Waals surface area contributed by atoms with Gasteiger partial charge in [-0.1, -0.05) is 30.1 Å². The number of nitrogens with two attached hydrogens (primary N) is 1. The summed E-state index contributed by atoms with van der Waals surface area (Å²) >= 11 is 12.0. The van der Waals surface area contributed by atoms with Gasteiger partial charge in [-0.3, -0.25) is 9.48 Å². The highest BCUT2D eigenvalue weighted by Crippen LogP contribution is 2.29. The SMILES string of the molecule is CCc1nn(C)cc1NC(=O)c1cc(N)cc(Cl)c1Cl. The molecule has 2 aromatic rings. The van der Waals surface area contributed by atoms with E-state index in [2.05, 4.69) is 10.4 Å². The smallest absolute Gasteiger partial charge is 0.257 e. The van der Waals surface area contributed by atoms with Crippen molar-refractivity contribution >= 4 is 40.5 Å². The number of aromatic nitrogens is 2. The molecule has 0 atom stereocenters. The molecule has 7 heteroatoms. The summed E-state index contributed by atoms with van der Waals surface area (Å²) in [6, 6.07) is 2.99. The number of nitrogens with one attached hydrogen (secondary N) is 1. The lowest BCUT2D eigenvalue weighted by molar-refractivity contribution is 0.102. The van der Waals surface area contributed by atoms with Gasteiger partial charge in [-0.25, -0.2) is 0 Å². The third-order valence-corrected chi connectivity index (χ3v) is 3.59. The van der Waals surface area contributed by atoms with E-state index in [4.69, 9.17) is 28.9 Å². The van der Waals surface area contributed by atoms with Crippen molar-refractivity contribution in [1.82, 2.24) is 9.78 Å². The molecular weight excluding hydrogens is 299 g/mol. The van der Waals surface area contributed by atoms with E-state index in [1.54, 1.807) is 17.9 Å². The number of carbonyl (C=O) groups excluding carboxylic acids is 1. The van der Waals surface area contributed by atoms with Crippen LogP contribution in [0.5, 0.6) is 0 Å². The van der Waals surface area contributed by atoms with E-state index in [1.165, 1.54) is 12.1 Å². The van der Waals surface area contributed by atoms with Crippen LogP contribution in [-0.2, 0) is 13.5 Å². The lowest BCUT2D eigenvalue weighted by Gasteiger charge is -2.08. The minimum atomic E-state index is -0.369. The van der Waals surface area contributed by atoms with E-state index in [1.807, 2.05) is 6.92 Å².